The fourth-order valence-electron chi connectivity index (χ4n) is 1.67. The second kappa shape index (κ2) is 7.56. The minimum Gasteiger partial charge on any atom is -0.359 e. The normalized spacial score (nSPS) is 15.1. The highest BCUT2D eigenvalue weighted by atomic mass is 35.5. The lowest BCUT2D eigenvalue weighted by molar-refractivity contribution is -0.0814. The zero-order valence-corrected chi connectivity index (χ0v) is 13.2. The van der Waals surface area contributed by atoms with E-state index in [0.717, 1.165) is 0 Å². The molecule has 0 aliphatic rings. The Kier molecular flexibility index (Phi) is 6.67. The van der Waals surface area contributed by atoms with E-state index in [9.17, 15) is 8.42 Å². The van der Waals surface area contributed by atoms with Gasteiger partial charge in [0.15, 0.2) is 0 Å². The van der Waals surface area contributed by atoms with Crippen LogP contribution in [-0.4, -0.2) is 32.9 Å². The van der Waals surface area contributed by atoms with Crippen LogP contribution in [0.3, 0.4) is 0 Å². The lowest BCUT2D eigenvalue weighted by atomic mass is 10.0. The smallest absolute Gasteiger partial charge is 0.333 e. The molecule has 0 bridgehead atoms. The molecule has 0 spiro atoms. The number of rotatable bonds is 7. The van der Waals surface area contributed by atoms with Gasteiger partial charge in [0.1, 0.15) is 12.9 Å². The van der Waals surface area contributed by atoms with Crippen LogP contribution in [-0.2, 0) is 19.8 Å². The lowest BCUT2D eigenvalue weighted by Crippen LogP contribution is -2.38. The maximum absolute atomic E-state index is 10.9. The van der Waals surface area contributed by atoms with Crippen LogP contribution in [0.1, 0.15) is 18.6 Å². The van der Waals surface area contributed by atoms with E-state index in [2.05, 4.69) is 0 Å². The standard InChI is InChI=1S/C11H15Cl2NO5S/c1-7(14-20(15,16)17)11(19-6-18-2)9-4-3-8(12)5-10(9)13/h3-5,7,11,14H,6H2,1-2H3,(H,15,16,17)/t7-,11+/m1/s1. The lowest BCUT2D eigenvalue weighted by Gasteiger charge is -2.25. The Morgan fingerprint density at radius 2 is 2.05 bits per heavy atom. The largest absolute Gasteiger partial charge is 0.359 e. The highest BCUT2D eigenvalue weighted by molar-refractivity contribution is 7.83. The number of nitrogens with one attached hydrogen (secondary N) is 1. The molecule has 20 heavy (non-hydrogen) atoms. The second-order valence-corrected chi connectivity index (χ2v) is 6.07. The molecule has 114 valence electrons. The third kappa shape index (κ3) is 5.53. The van der Waals surface area contributed by atoms with Gasteiger partial charge in [0.2, 0.25) is 0 Å². The highest BCUT2D eigenvalue weighted by Gasteiger charge is 2.25. The van der Waals surface area contributed by atoms with Gasteiger partial charge in [-0.05, 0) is 19.1 Å². The molecule has 6 nitrogen and oxygen atoms in total. The molecular weight excluding hydrogens is 329 g/mol. The molecule has 9 heteroatoms. The van der Waals surface area contributed by atoms with Gasteiger partial charge in [-0.25, -0.2) is 0 Å². The van der Waals surface area contributed by atoms with E-state index < -0.39 is 22.4 Å². The van der Waals surface area contributed by atoms with E-state index in [-0.39, 0.29) is 6.79 Å². The molecule has 0 fully saturated rings. The summed E-state index contributed by atoms with van der Waals surface area (Å²) in [6.45, 7) is 1.46. The van der Waals surface area contributed by atoms with Gasteiger partial charge in [0.05, 0.1) is 6.04 Å². The minimum absolute atomic E-state index is 0.0683. The molecule has 0 saturated heterocycles. The third-order valence-electron chi connectivity index (χ3n) is 2.42. The van der Waals surface area contributed by atoms with Crippen LogP contribution < -0.4 is 4.72 Å². The summed E-state index contributed by atoms with van der Waals surface area (Å²) in [5, 5.41) is 0.766. The van der Waals surface area contributed by atoms with Crippen LogP contribution in [0.4, 0.5) is 0 Å². The van der Waals surface area contributed by atoms with E-state index in [0.29, 0.717) is 15.6 Å². The van der Waals surface area contributed by atoms with Crippen molar-refractivity contribution in [3.05, 3.63) is 33.8 Å². The summed E-state index contributed by atoms with van der Waals surface area (Å²) in [6, 6.07) is 3.97. The molecule has 1 aromatic carbocycles. The number of methoxy groups -OCH3 is 1. The number of halogens is 2. The van der Waals surface area contributed by atoms with Crippen molar-refractivity contribution >= 4 is 33.5 Å². The molecular formula is C11H15Cl2NO5S. The summed E-state index contributed by atoms with van der Waals surface area (Å²) < 4.78 is 42.9. The van der Waals surface area contributed by atoms with Gasteiger partial charge in [-0.3, -0.25) is 4.55 Å². The summed E-state index contributed by atoms with van der Waals surface area (Å²) >= 11 is 11.9. The molecule has 0 amide bonds. The molecule has 1 rings (SSSR count). The van der Waals surface area contributed by atoms with Gasteiger partial charge in [-0.15, -0.1) is 0 Å². The average molecular weight is 344 g/mol. The van der Waals surface area contributed by atoms with Crippen LogP contribution in [0.5, 0.6) is 0 Å². The Balaban J connectivity index is 3.04. The van der Waals surface area contributed by atoms with E-state index in [1.54, 1.807) is 12.1 Å². The molecule has 0 aliphatic carbocycles. The van der Waals surface area contributed by atoms with E-state index in [1.165, 1.54) is 20.1 Å². The van der Waals surface area contributed by atoms with Gasteiger partial charge in [0.25, 0.3) is 0 Å². The number of hydrogen-bond acceptors (Lipinski definition) is 4. The third-order valence-corrected chi connectivity index (χ3v) is 3.66. The summed E-state index contributed by atoms with van der Waals surface area (Å²) in [7, 11) is -2.93. The fraction of sp³-hybridized carbons (Fsp3) is 0.455. The molecule has 0 radical (unpaired) electrons. The first-order valence-corrected chi connectivity index (χ1v) is 7.74. The first-order chi connectivity index (χ1) is 9.24. The predicted octanol–water partition coefficient (Wildman–Crippen LogP) is 2.44. The Hall–Kier alpha value is -0.410. The molecule has 0 saturated carbocycles. The molecule has 0 aromatic heterocycles. The zero-order chi connectivity index (χ0) is 15.3. The van der Waals surface area contributed by atoms with Crippen LogP contribution in [0.25, 0.3) is 0 Å². The van der Waals surface area contributed by atoms with E-state index in [4.69, 9.17) is 37.2 Å². The van der Waals surface area contributed by atoms with Crippen molar-refractivity contribution in [1.82, 2.24) is 4.72 Å². The summed E-state index contributed by atoms with van der Waals surface area (Å²) in [5.41, 5.74) is 0.525. The highest BCUT2D eigenvalue weighted by Crippen LogP contribution is 2.30. The fourth-order valence-corrected chi connectivity index (χ4v) is 2.78. The maximum atomic E-state index is 10.9. The summed E-state index contributed by atoms with van der Waals surface area (Å²) in [6.07, 6.45) is -0.748. The Bertz CT molecular complexity index is 552. The van der Waals surface area contributed by atoms with Gasteiger partial charge < -0.3 is 9.47 Å². The molecule has 1 aromatic rings. The van der Waals surface area contributed by atoms with Crippen molar-refractivity contribution < 1.29 is 22.4 Å². The topological polar surface area (TPSA) is 84.9 Å². The van der Waals surface area contributed by atoms with Gasteiger partial charge >= 0.3 is 10.3 Å². The zero-order valence-electron chi connectivity index (χ0n) is 10.8. The maximum Gasteiger partial charge on any atom is 0.333 e. The average Bonchev–Trinajstić information content (AvgIpc) is 2.29. The first kappa shape index (κ1) is 17.6. The second-order valence-electron chi connectivity index (χ2n) is 4.04. The van der Waals surface area contributed by atoms with Gasteiger partial charge in [-0.1, -0.05) is 29.3 Å². The molecule has 2 N–H and O–H groups in total. The van der Waals surface area contributed by atoms with Crippen molar-refractivity contribution in [2.75, 3.05) is 13.9 Å². The number of ether oxygens (including phenoxy) is 2. The molecule has 0 heterocycles. The first-order valence-electron chi connectivity index (χ1n) is 5.55. The quantitative estimate of drug-likeness (QED) is 0.586. The van der Waals surface area contributed by atoms with Gasteiger partial charge in [-0.2, -0.15) is 13.1 Å². The van der Waals surface area contributed by atoms with Crippen molar-refractivity contribution in [2.45, 2.75) is 19.1 Å². The van der Waals surface area contributed by atoms with Crippen molar-refractivity contribution in [2.24, 2.45) is 0 Å². The summed E-state index contributed by atoms with van der Waals surface area (Å²) in [4.78, 5) is 0. The van der Waals surface area contributed by atoms with Crippen LogP contribution in [0.2, 0.25) is 10.0 Å². The number of benzene rings is 1. The van der Waals surface area contributed by atoms with E-state index in [1.807, 2.05) is 4.72 Å². The summed E-state index contributed by atoms with van der Waals surface area (Å²) in [5.74, 6) is 0. The number of hydrogen-bond donors (Lipinski definition) is 2. The Labute approximate surface area is 127 Å². The Morgan fingerprint density at radius 3 is 2.55 bits per heavy atom. The van der Waals surface area contributed by atoms with Crippen LogP contribution in [0, 0.1) is 0 Å². The monoisotopic (exact) mass is 343 g/mol. The van der Waals surface area contributed by atoms with E-state index >= 15 is 0 Å². The molecule has 2 atom stereocenters. The Morgan fingerprint density at radius 1 is 1.40 bits per heavy atom. The van der Waals surface area contributed by atoms with Crippen LogP contribution in [0.15, 0.2) is 18.2 Å². The van der Waals surface area contributed by atoms with Crippen molar-refractivity contribution in [3.8, 4) is 0 Å². The van der Waals surface area contributed by atoms with Crippen LogP contribution >= 0.6 is 23.2 Å². The van der Waals surface area contributed by atoms with Gasteiger partial charge in [0, 0.05) is 22.7 Å². The van der Waals surface area contributed by atoms with Crippen molar-refractivity contribution in [3.63, 3.8) is 0 Å². The SMILES string of the molecule is COCO[C@H](c1ccc(Cl)cc1Cl)[C@@H](C)NS(=O)(=O)O. The minimum atomic E-state index is -4.36. The molecule has 0 aliphatic heterocycles. The molecule has 0 unspecified atom stereocenters. The van der Waals surface area contributed by atoms with Crippen molar-refractivity contribution in [1.29, 1.82) is 0 Å². The predicted molar refractivity (Wildman–Crippen MR) is 76.3 cm³/mol.